The topological polar surface area (TPSA) is 100 Å². The van der Waals surface area contributed by atoms with Crippen LogP contribution < -0.4 is 16.0 Å². The van der Waals surface area contributed by atoms with E-state index < -0.39 is 0 Å². The van der Waals surface area contributed by atoms with Crippen LogP contribution >= 0.6 is 0 Å². The first-order valence-electron chi connectivity index (χ1n) is 9.55. The van der Waals surface area contributed by atoms with Crippen LogP contribution in [-0.4, -0.2) is 51.9 Å². The minimum absolute atomic E-state index is 0.0955. The highest BCUT2D eigenvalue weighted by atomic mass is 16.2. The molecule has 1 aromatic heterocycles. The van der Waals surface area contributed by atoms with Crippen molar-refractivity contribution in [3.63, 3.8) is 0 Å². The van der Waals surface area contributed by atoms with Gasteiger partial charge in [-0.1, -0.05) is 6.07 Å². The molecule has 3 heterocycles. The van der Waals surface area contributed by atoms with Crippen LogP contribution in [0.2, 0.25) is 0 Å². The van der Waals surface area contributed by atoms with Gasteiger partial charge in [-0.15, -0.1) is 0 Å². The number of nitrogens with zero attached hydrogens (tertiary/aromatic N) is 5. The predicted molar refractivity (Wildman–Crippen MR) is 101 cm³/mol. The maximum absolute atomic E-state index is 12.9. The lowest BCUT2D eigenvalue weighted by Gasteiger charge is -2.35. The quantitative estimate of drug-likeness (QED) is 0.833. The van der Waals surface area contributed by atoms with E-state index in [4.69, 9.17) is 5.73 Å². The van der Waals surface area contributed by atoms with Gasteiger partial charge in [0.2, 0.25) is 11.9 Å². The monoisotopic (exact) mass is 365 g/mol. The average molecular weight is 365 g/mol. The van der Waals surface area contributed by atoms with Crippen LogP contribution in [-0.2, 0) is 13.1 Å². The van der Waals surface area contributed by atoms with Gasteiger partial charge in [0.1, 0.15) is 5.82 Å². The van der Waals surface area contributed by atoms with E-state index >= 15 is 0 Å². The molecule has 27 heavy (non-hydrogen) atoms. The van der Waals surface area contributed by atoms with Crippen molar-refractivity contribution < 1.29 is 4.79 Å². The minimum Gasteiger partial charge on any atom is -0.368 e. The summed E-state index contributed by atoms with van der Waals surface area (Å²) in [5.41, 5.74) is 9.16. The molecule has 1 aromatic carbocycles. The Labute approximate surface area is 157 Å². The maximum Gasteiger partial charge on any atom is 0.253 e. The zero-order chi connectivity index (χ0) is 18.4. The van der Waals surface area contributed by atoms with Gasteiger partial charge >= 0.3 is 0 Å². The predicted octanol–water partition coefficient (Wildman–Crippen LogP) is 0.897. The van der Waals surface area contributed by atoms with Crippen LogP contribution in [0.5, 0.6) is 0 Å². The first kappa shape index (κ1) is 16.4. The second-order valence-electron chi connectivity index (χ2n) is 7.49. The van der Waals surface area contributed by atoms with Crippen LogP contribution in [0, 0.1) is 0 Å². The van der Waals surface area contributed by atoms with E-state index in [-0.39, 0.29) is 11.9 Å². The van der Waals surface area contributed by atoms with Crippen molar-refractivity contribution in [2.24, 2.45) is 0 Å². The molecule has 8 heteroatoms. The highest BCUT2D eigenvalue weighted by Gasteiger charge is 2.29. The number of nitrogens with one attached hydrogen (secondary N) is 1. The van der Waals surface area contributed by atoms with Crippen molar-refractivity contribution >= 4 is 17.8 Å². The van der Waals surface area contributed by atoms with E-state index in [1.165, 1.54) is 11.1 Å². The molecule has 5 rings (SSSR count). The van der Waals surface area contributed by atoms with Gasteiger partial charge in [0.15, 0.2) is 0 Å². The average Bonchev–Trinajstić information content (AvgIpc) is 3.44. The Morgan fingerprint density at radius 3 is 2.59 bits per heavy atom. The number of nitrogens with two attached hydrogens (primary N) is 1. The lowest BCUT2D eigenvalue weighted by atomic mass is 10.1. The van der Waals surface area contributed by atoms with Crippen LogP contribution in [0.15, 0.2) is 18.2 Å². The molecular weight excluding hydrogens is 342 g/mol. The third kappa shape index (κ3) is 3.21. The Kier molecular flexibility index (Phi) is 3.93. The molecule has 0 atom stereocenters. The molecular formula is C19H23N7O. The minimum atomic E-state index is 0.0955. The summed E-state index contributed by atoms with van der Waals surface area (Å²) in [6, 6.07) is 6.03. The van der Waals surface area contributed by atoms with E-state index in [1.807, 2.05) is 17.0 Å². The number of hydrogen-bond acceptors (Lipinski definition) is 7. The molecule has 1 saturated heterocycles. The van der Waals surface area contributed by atoms with E-state index in [0.29, 0.717) is 38.0 Å². The van der Waals surface area contributed by atoms with E-state index in [1.54, 1.807) is 0 Å². The number of amides is 1. The molecule has 8 nitrogen and oxygen atoms in total. The Hall–Kier alpha value is -2.74. The van der Waals surface area contributed by atoms with Gasteiger partial charge in [0, 0.05) is 50.7 Å². The number of carbonyl (C=O) groups is 1. The Bertz CT molecular complexity index is 888. The van der Waals surface area contributed by atoms with E-state index in [2.05, 4.69) is 31.2 Å². The molecule has 2 aliphatic heterocycles. The van der Waals surface area contributed by atoms with Crippen molar-refractivity contribution in [3.05, 3.63) is 40.7 Å². The van der Waals surface area contributed by atoms with Gasteiger partial charge in [0.25, 0.3) is 5.91 Å². The number of hydrogen-bond donors (Lipinski definition) is 2. The molecule has 1 saturated carbocycles. The van der Waals surface area contributed by atoms with Crippen molar-refractivity contribution in [1.82, 2.24) is 25.2 Å². The van der Waals surface area contributed by atoms with Crippen LogP contribution in [0.1, 0.15) is 46.1 Å². The fourth-order valence-corrected chi connectivity index (χ4v) is 3.78. The number of carbonyl (C=O) groups excluding carboxylic acids is 1. The molecule has 3 N–H and O–H groups in total. The van der Waals surface area contributed by atoms with Gasteiger partial charge in [0.05, 0.1) is 0 Å². The SMILES string of the molecule is Nc1nc(C2CC2)nc(N2CCN(C(=O)c3ccc4c(c3)CNC4)CC2)n1. The largest absolute Gasteiger partial charge is 0.368 e. The van der Waals surface area contributed by atoms with Gasteiger partial charge in [-0.2, -0.15) is 15.0 Å². The summed E-state index contributed by atoms with van der Waals surface area (Å²) in [4.78, 5) is 30.0. The zero-order valence-corrected chi connectivity index (χ0v) is 15.2. The summed E-state index contributed by atoms with van der Waals surface area (Å²) >= 11 is 0. The van der Waals surface area contributed by atoms with Gasteiger partial charge in [-0.05, 0) is 36.1 Å². The number of rotatable bonds is 3. The van der Waals surface area contributed by atoms with Crippen molar-refractivity contribution in [2.45, 2.75) is 31.8 Å². The summed E-state index contributed by atoms with van der Waals surface area (Å²) < 4.78 is 0. The number of piperazine rings is 1. The lowest BCUT2D eigenvalue weighted by molar-refractivity contribution is 0.0746. The fraction of sp³-hybridized carbons (Fsp3) is 0.474. The number of aromatic nitrogens is 3. The summed E-state index contributed by atoms with van der Waals surface area (Å²) in [6.07, 6.45) is 2.25. The van der Waals surface area contributed by atoms with Crippen molar-refractivity contribution in [3.8, 4) is 0 Å². The third-order valence-electron chi connectivity index (χ3n) is 5.53. The molecule has 0 radical (unpaired) electrons. The highest BCUT2D eigenvalue weighted by molar-refractivity contribution is 5.94. The molecule has 3 aliphatic rings. The lowest BCUT2D eigenvalue weighted by Crippen LogP contribution is -2.49. The molecule has 0 spiro atoms. The molecule has 1 aliphatic carbocycles. The number of nitrogen functional groups attached to an aromatic ring is 1. The van der Waals surface area contributed by atoms with E-state index in [9.17, 15) is 4.79 Å². The van der Waals surface area contributed by atoms with Crippen LogP contribution in [0.4, 0.5) is 11.9 Å². The Balaban J connectivity index is 1.27. The summed E-state index contributed by atoms with van der Waals surface area (Å²) in [5, 5.41) is 3.32. The van der Waals surface area contributed by atoms with Gasteiger partial charge < -0.3 is 20.9 Å². The highest BCUT2D eigenvalue weighted by Crippen LogP contribution is 2.38. The maximum atomic E-state index is 12.9. The number of anilines is 2. The summed E-state index contributed by atoms with van der Waals surface area (Å²) in [6.45, 7) is 4.43. The first-order chi connectivity index (χ1) is 13.2. The number of fused-ring (bicyclic) bond motifs is 1. The smallest absolute Gasteiger partial charge is 0.253 e. The Morgan fingerprint density at radius 1 is 1.04 bits per heavy atom. The molecule has 0 bridgehead atoms. The normalized spacial score (nSPS) is 19.3. The molecule has 0 unspecified atom stereocenters. The standard InChI is InChI=1S/C19H23N7O/c20-18-22-16(12-1-2-12)23-19(24-18)26-7-5-25(6-8-26)17(27)13-3-4-14-10-21-11-15(14)9-13/h3-4,9,12,21H,1-2,5-8,10-11H2,(H2,20,22,23,24). The van der Waals surface area contributed by atoms with Gasteiger partial charge in [-0.3, -0.25) is 4.79 Å². The molecule has 2 fully saturated rings. The van der Waals surface area contributed by atoms with Crippen LogP contribution in [0.3, 0.4) is 0 Å². The van der Waals surface area contributed by atoms with Gasteiger partial charge in [-0.25, -0.2) is 0 Å². The van der Waals surface area contributed by atoms with Crippen molar-refractivity contribution in [2.75, 3.05) is 36.8 Å². The number of benzene rings is 1. The fourth-order valence-electron chi connectivity index (χ4n) is 3.78. The summed E-state index contributed by atoms with van der Waals surface area (Å²) in [5.74, 6) is 2.26. The molecule has 2 aromatic rings. The van der Waals surface area contributed by atoms with Crippen LogP contribution in [0.25, 0.3) is 0 Å². The summed E-state index contributed by atoms with van der Waals surface area (Å²) in [7, 11) is 0. The second kappa shape index (κ2) is 6.45. The molecule has 140 valence electrons. The zero-order valence-electron chi connectivity index (χ0n) is 15.2. The van der Waals surface area contributed by atoms with E-state index in [0.717, 1.165) is 37.3 Å². The van der Waals surface area contributed by atoms with Crippen molar-refractivity contribution in [1.29, 1.82) is 0 Å². The second-order valence-corrected chi connectivity index (χ2v) is 7.49. The third-order valence-corrected chi connectivity index (χ3v) is 5.53. The first-order valence-corrected chi connectivity index (χ1v) is 9.55. The Morgan fingerprint density at radius 2 is 1.81 bits per heavy atom. The molecule has 1 amide bonds.